The van der Waals surface area contributed by atoms with E-state index in [0.717, 1.165) is 55.4 Å². The largest absolute Gasteiger partial charge is 0.497 e. The van der Waals surface area contributed by atoms with Crippen molar-refractivity contribution in [1.82, 2.24) is 14.9 Å². The molecule has 1 aromatic heterocycles. The SMILES string of the molecule is CCn1ccnc1[C@H]1OCC[C@@H]1NCc1cc(OC)cc2c1OC(C)C2. The first-order valence-corrected chi connectivity index (χ1v) is 9.42. The average Bonchev–Trinajstić information content (AvgIpc) is 3.36. The van der Waals surface area contributed by atoms with Crippen molar-refractivity contribution < 1.29 is 14.2 Å². The molecule has 2 aliphatic heterocycles. The lowest BCUT2D eigenvalue weighted by molar-refractivity contribution is 0.0885. The van der Waals surface area contributed by atoms with Gasteiger partial charge in [0.15, 0.2) is 0 Å². The first-order chi connectivity index (χ1) is 12.7. The van der Waals surface area contributed by atoms with E-state index in [9.17, 15) is 0 Å². The maximum absolute atomic E-state index is 6.04. The predicted octanol–water partition coefficient (Wildman–Crippen LogP) is 2.85. The maximum Gasteiger partial charge on any atom is 0.139 e. The number of imidazole rings is 1. The van der Waals surface area contributed by atoms with E-state index in [4.69, 9.17) is 14.2 Å². The van der Waals surface area contributed by atoms with Crippen LogP contribution in [0.1, 0.15) is 43.3 Å². The number of fused-ring (bicyclic) bond motifs is 1. The molecule has 0 spiro atoms. The molecule has 140 valence electrons. The van der Waals surface area contributed by atoms with Crippen LogP contribution in [0, 0.1) is 0 Å². The molecule has 6 heteroatoms. The summed E-state index contributed by atoms with van der Waals surface area (Å²) in [4.78, 5) is 4.52. The second-order valence-corrected chi connectivity index (χ2v) is 7.05. The maximum atomic E-state index is 6.04. The number of nitrogens with one attached hydrogen (secondary N) is 1. The molecule has 1 N–H and O–H groups in total. The van der Waals surface area contributed by atoms with Gasteiger partial charge < -0.3 is 24.1 Å². The van der Waals surface area contributed by atoms with Crippen molar-refractivity contribution in [1.29, 1.82) is 0 Å². The number of aromatic nitrogens is 2. The van der Waals surface area contributed by atoms with Crippen LogP contribution in [-0.4, -0.2) is 35.4 Å². The van der Waals surface area contributed by atoms with E-state index in [2.05, 4.69) is 40.8 Å². The molecule has 1 fully saturated rings. The molecular formula is C20H27N3O3. The molecule has 0 radical (unpaired) electrons. The minimum absolute atomic E-state index is 0.0107. The highest BCUT2D eigenvalue weighted by Gasteiger charge is 2.33. The minimum atomic E-state index is -0.0107. The number of hydrogen-bond donors (Lipinski definition) is 1. The zero-order chi connectivity index (χ0) is 18.1. The third-order valence-corrected chi connectivity index (χ3v) is 5.27. The van der Waals surface area contributed by atoms with E-state index in [-0.39, 0.29) is 18.2 Å². The highest BCUT2D eigenvalue weighted by atomic mass is 16.5. The summed E-state index contributed by atoms with van der Waals surface area (Å²) in [6.45, 7) is 6.61. The first-order valence-electron chi connectivity index (χ1n) is 9.42. The number of nitrogens with zero attached hydrogens (tertiary/aromatic N) is 2. The number of aryl methyl sites for hydroxylation is 1. The van der Waals surface area contributed by atoms with Gasteiger partial charge in [-0.1, -0.05) is 0 Å². The van der Waals surface area contributed by atoms with Crippen LogP contribution in [0.5, 0.6) is 11.5 Å². The van der Waals surface area contributed by atoms with Gasteiger partial charge in [0.25, 0.3) is 0 Å². The Bertz CT molecular complexity index is 774. The second kappa shape index (κ2) is 7.29. The molecule has 3 atom stereocenters. The number of benzene rings is 1. The van der Waals surface area contributed by atoms with Crippen molar-refractivity contribution in [3.8, 4) is 11.5 Å². The molecule has 0 aliphatic carbocycles. The fourth-order valence-electron chi connectivity index (χ4n) is 3.97. The van der Waals surface area contributed by atoms with Gasteiger partial charge in [-0.2, -0.15) is 0 Å². The van der Waals surface area contributed by atoms with Crippen LogP contribution in [0.4, 0.5) is 0 Å². The fraction of sp³-hybridized carbons (Fsp3) is 0.550. The van der Waals surface area contributed by atoms with Crippen LogP contribution >= 0.6 is 0 Å². The fourth-order valence-corrected chi connectivity index (χ4v) is 3.97. The van der Waals surface area contributed by atoms with Crippen LogP contribution in [0.25, 0.3) is 0 Å². The summed E-state index contributed by atoms with van der Waals surface area (Å²) in [5.74, 6) is 2.90. The molecule has 1 saturated heterocycles. The lowest BCUT2D eigenvalue weighted by Gasteiger charge is -2.21. The van der Waals surface area contributed by atoms with Crippen LogP contribution in [0.15, 0.2) is 24.5 Å². The molecule has 1 unspecified atom stereocenters. The molecule has 6 nitrogen and oxygen atoms in total. The lowest BCUT2D eigenvalue weighted by atomic mass is 10.0. The summed E-state index contributed by atoms with van der Waals surface area (Å²) in [6, 6.07) is 4.40. The van der Waals surface area contributed by atoms with E-state index in [0.29, 0.717) is 0 Å². The quantitative estimate of drug-likeness (QED) is 0.861. The molecule has 4 rings (SSSR count). The van der Waals surface area contributed by atoms with Crippen LogP contribution in [-0.2, 0) is 24.2 Å². The zero-order valence-electron chi connectivity index (χ0n) is 15.7. The standard InChI is InChI=1S/C20H27N3O3/c1-4-23-7-6-21-20(23)19-17(5-8-25-19)22-12-15-11-16(24-3)10-14-9-13(2)26-18(14)15/h6-7,10-11,13,17,19,22H,4-5,8-9,12H2,1-3H3/t13?,17-,19-/m0/s1. The van der Waals surface area contributed by atoms with Gasteiger partial charge in [-0.15, -0.1) is 0 Å². The summed E-state index contributed by atoms with van der Waals surface area (Å²) in [5.41, 5.74) is 2.38. The van der Waals surface area contributed by atoms with Crippen LogP contribution in [0.3, 0.4) is 0 Å². The Labute approximate surface area is 154 Å². The van der Waals surface area contributed by atoms with Crippen molar-refractivity contribution in [2.75, 3.05) is 13.7 Å². The number of rotatable bonds is 6. The van der Waals surface area contributed by atoms with Gasteiger partial charge >= 0.3 is 0 Å². The van der Waals surface area contributed by atoms with Crippen LogP contribution in [0.2, 0.25) is 0 Å². The van der Waals surface area contributed by atoms with E-state index in [1.165, 1.54) is 5.56 Å². The molecule has 0 saturated carbocycles. The van der Waals surface area contributed by atoms with Gasteiger partial charge in [0.05, 0.1) is 7.11 Å². The predicted molar refractivity (Wildman–Crippen MR) is 98.6 cm³/mol. The Morgan fingerprint density at radius 2 is 2.27 bits per heavy atom. The van der Waals surface area contributed by atoms with E-state index in [1.54, 1.807) is 7.11 Å². The molecule has 0 bridgehead atoms. The van der Waals surface area contributed by atoms with Gasteiger partial charge in [-0.05, 0) is 32.4 Å². The van der Waals surface area contributed by atoms with Gasteiger partial charge in [-0.3, -0.25) is 0 Å². The average molecular weight is 357 g/mol. The third-order valence-electron chi connectivity index (χ3n) is 5.27. The Hall–Kier alpha value is -2.05. The topological polar surface area (TPSA) is 57.5 Å². The number of hydrogen-bond acceptors (Lipinski definition) is 5. The van der Waals surface area contributed by atoms with Crippen molar-refractivity contribution in [3.63, 3.8) is 0 Å². The molecule has 2 aromatic rings. The summed E-state index contributed by atoms with van der Waals surface area (Å²) in [5, 5.41) is 3.67. The minimum Gasteiger partial charge on any atom is -0.497 e. The highest BCUT2D eigenvalue weighted by molar-refractivity contribution is 5.49. The molecule has 2 aliphatic rings. The normalized spacial score (nSPS) is 24.5. The molecule has 3 heterocycles. The lowest BCUT2D eigenvalue weighted by Crippen LogP contribution is -2.32. The summed E-state index contributed by atoms with van der Waals surface area (Å²) >= 11 is 0. The van der Waals surface area contributed by atoms with Crippen molar-refractivity contribution in [3.05, 3.63) is 41.5 Å². The monoisotopic (exact) mass is 357 g/mol. The second-order valence-electron chi connectivity index (χ2n) is 7.05. The number of ether oxygens (including phenoxy) is 3. The van der Waals surface area contributed by atoms with Gasteiger partial charge in [0.2, 0.25) is 0 Å². The smallest absolute Gasteiger partial charge is 0.139 e. The molecule has 0 amide bonds. The Kier molecular flexibility index (Phi) is 4.87. The molecular weight excluding hydrogens is 330 g/mol. The Morgan fingerprint density at radius 3 is 3.08 bits per heavy atom. The summed E-state index contributed by atoms with van der Waals surface area (Å²) in [7, 11) is 1.71. The Balaban J connectivity index is 1.51. The van der Waals surface area contributed by atoms with Gasteiger partial charge in [-0.25, -0.2) is 4.98 Å². The van der Waals surface area contributed by atoms with E-state index in [1.807, 2.05) is 12.4 Å². The van der Waals surface area contributed by atoms with Crippen LogP contribution < -0.4 is 14.8 Å². The van der Waals surface area contributed by atoms with Crippen molar-refractivity contribution >= 4 is 0 Å². The summed E-state index contributed by atoms with van der Waals surface area (Å²) < 4.78 is 19.7. The van der Waals surface area contributed by atoms with E-state index >= 15 is 0 Å². The van der Waals surface area contributed by atoms with Crippen molar-refractivity contribution in [2.24, 2.45) is 0 Å². The van der Waals surface area contributed by atoms with Gasteiger partial charge in [0, 0.05) is 55.7 Å². The van der Waals surface area contributed by atoms with Crippen molar-refractivity contribution in [2.45, 2.75) is 58.0 Å². The van der Waals surface area contributed by atoms with Gasteiger partial charge in [0.1, 0.15) is 29.5 Å². The third kappa shape index (κ3) is 3.19. The molecule has 1 aromatic carbocycles. The Morgan fingerprint density at radius 1 is 1.38 bits per heavy atom. The summed E-state index contributed by atoms with van der Waals surface area (Å²) in [6.07, 6.45) is 5.98. The molecule has 26 heavy (non-hydrogen) atoms. The zero-order valence-corrected chi connectivity index (χ0v) is 15.7. The number of methoxy groups -OCH3 is 1. The van der Waals surface area contributed by atoms with E-state index < -0.39 is 0 Å². The first kappa shape index (κ1) is 17.4. The highest BCUT2D eigenvalue weighted by Crippen LogP contribution is 2.37.